The van der Waals surface area contributed by atoms with Crippen LogP contribution in [0.1, 0.15) is 20.8 Å². The first-order valence-corrected chi connectivity index (χ1v) is 4.37. The summed E-state index contributed by atoms with van der Waals surface area (Å²) in [6, 6.07) is 0. The summed E-state index contributed by atoms with van der Waals surface area (Å²) >= 11 is 0. The summed E-state index contributed by atoms with van der Waals surface area (Å²) in [5.41, 5.74) is 0. The molecule has 0 aliphatic rings. The van der Waals surface area contributed by atoms with Crippen LogP contribution in [0, 0.1) is 37.7 Å². The van der Waals surface area contributed by atoms with E-state index in [0.29, 0.717) is 0 Å². The molecule has 3 atom stereocenters. The third-order valence-corrected chi connectivity index (χ3v) is 0.996. The van der Waals surface area contributed by atoms with E-state index in [9.17, 15) is 15.3 Å². The maximum atomic E-state index is 9.67. The zero-order valence-corrected chi connectivity index (χ0v) is 12.4. The van der Waals surface area contributed by atoms with Crippen molar-refractivity contribution in [2.24, 2.45) is 0 Å². The van der Waals surface area contributed by atoms with Crippen LogP contribution in [0.5, 0.6) is 0 Å². The number of rotatable bonds is 3. The summed E-state index contributed by atoms with van der Waals surface area (Å²) in [6.45, 7) is 4.33. The van der Waals surface area contributed by atoms with Crippen molar-refractivity contribution in [3.05, 3.63) is 0 Å². The van der Waals surface area contributed by atoms with Gasteiger partial charge in [-0.1, -0.05) is 20.8 Å². The minimum Gasteiger partial charge on any atom is -0.831 e. The van der Waals surface area contributed by atoms with E-state index in [1.807, 2.05) is 0 Å². The molecule has 0 aromatic heterocycles. The summed E-state index contributed by atoms with van der Waals surface area (Å²) in [5, 5.41) is 29.0. The normalized spacial score (nSPS) is 14.1. The second kappa shape index (κ2) is 21.3. The Hall–Kier alpha value is 1.02. The van der Waals surface area contributed by atoms with E-state index in [2.05, 4.69) is 14.2 Å². The zero-order valence-electron chi connectivity index (χ0n) is 10.5. The van der Waals surface area contributed by atoms with Crippen molar-refractivity contribution in [3.63, 3.8) is 0 Å². The third kappa shape index (κ3) is 59.9. The summed E-state index contributed by atoms with van der Waals surface area (Å²) in [6.07, 6.45) is -2.60. The Morgan fingerprint density at radius 1 is 0.625 bits per heavy atom. The van der Waals surface area contributed by atoms with E-state index in [4.69, 9.17) is 0 Å². The van der Waals surface area contributed by atoms with Gasteiger partial charge in [0.05, 0.1) is 0 Å². The quantitative estimate of drug-likeness (QED) is 0.409. The predicted octanol–water partition coefficient (Wildman–Crippen LogP) is -1.98. The van der Waals surface area contributed by atoms with Crippen LogP contribution in [0.25, 0.3) is 0 Å². The second-order valence-corrected chi connectivity index (χ2v) is 2.41. The van der Waals surface area contributed by atoms with Crippen molar-refractivity contribution < 1.29 is 67.3 Å². The Morgan fingerprint density at radius 2 is 0.688 bits per heavy atom. The molecule has 104 valence electrons. The molecule has 0 N–H and O–H groups in total. The van der Waals surface area contributed by atoms with Crippen molar-refractivity contribution in [1.82, 2.24) is 0 Å². The molecular formula is C9H21HoO6. The van der Waals surface area contributed by atoms with Gasteiger partial charge in [-0.15, -0.1) is 0 Å². The van der Waals surface area contributed by atoms with Crippen molar-refractivity contribution in [3.8, 4) is 0 Å². The molecule has 6 nitrogen and oxygen atoms in total. The first-order chi connectivity index (χ1) is 6.81. The van der Waals surface area contributed by atoms with Crippen LogP contribution < -0.4 is 15.3 Å². The molecule has 0 spiro atoms. The third-order valence-electron chi connectivity index (χ3n) is 0.996. The van der Waals surface area contributed by atoms with Gasteiger partial charge in [-0.3, -0.25) is 0 Å². The molecule has 0 fully saturated rings. The first kappa shape index (κ1) is 25.8. The van der Waals surface area contributed by atoms with E-state index >= 15 is 0 Å². The van der Waals surface area contributed by atoms with Crippen molar-refractivity contribution in [2.45, 2.75) is 39.6 Å². The molecule has 0 aliphatic carbocycles. The summed E-state index contributed by atoms with van der Waals surface area (Å²) in [5.74, 6) is 0. The number of hydrogen-bond acceptors (Lipinski definition) is 6. The zero-order chi connectivity index (χ0) is 12.9. The summed E-state index contributed by atoms with van der Waals surface area (Å²) in [7, 11) is 4.16. The smallest absolute Gasteiger partial charge is 0.831 e. The fourth-order valence-electron chi connectivity index (χ4n) is 0. The standard InChI is InChI=1S/3C3H7O2.Ho/c3*1-3(4)5-2;/h3*3H,1-2H3;/q3*-1;+3. The Balaban J connectivity index is -0.0000000655. The molecule has 0 rings (SSSR count). The van der Waals surface area contributed by atoms with Gasteiger partial charge in [-0.05, 0) is 18.9 Å². The largest absolute Gasteiger partial charge is 3.00 e. The van der Waals surface area contributed by atoms with Gasteiger partial charge < -0.3 is 29.5 Å². The maximum Gasteiger partial charge on any atom is 3.00 e. The summed E-state index contributed by atoms with van der Waals surface area (Å²) < 4.78 is 12.6. The molecule has 0 saturated heterocycles. The molecule has 0 bridgehead atoms. The van der Waals surface area contributed by atoms with E-state index in [1.54, 1.807) is 0 Å². The predicted molar refractivity (Wildman–Crippen MR) is 49.4 cm³/mol. The maximum absolute atomic E-state index is 9.67. The second-order valence-electron chi connectivity index (χ2n) is 2.41. The molecule has 0 saturated carbocycles. The Kier molecular flexibility index (Phi) is 34.3. The van der Waals surface area contributed by atoms with Gasteiger partial charge in [-0.25, -0.2) is 0 Å². The molecule has 3 unspecified atom stereocenters. The SMILES string of the molecule is COC(C)[O-].COC(C)[O-].COC(C)[O-].[Ho+3]. The average molecular weight is 390 g/mol. The Bertz CT molecular complexity index is 81.0. The minimum absolute atomic E-state index is 0. The van der Waals surface area contributed by atoms with Gasteiger partial charge in [0.15, 0.2) is 0 Å². The molecule has 0 aliphatic heterocycles. The van der Waals surface area contributed by atoms with Gasteiger partial charge >= 0.3 is 37.7 Å². The van der Waals surface area contributed by atoms with Crippen LogP contribution >= 0.6 is 0 Å². The monoisotopic (exact) mass is 390 g/mol. The number of ether oxygens (including phenoxy) is 3. The van der Waals surface area contributed by atoms with E-state index < -0.39 is 18.9 Å². The molecule has 0 radical (unpaired) electrons. The minimum atomic E-state index is -0.866. The van der Waals surface area contributed by atoms with Gasteiger partial charge in [0.1, 0.15) is 0 Å². The van der Waals surface area contributed by atoms with Crippen LogP contribution in [0.4, 0.5) is 0 Å². The Labute approximate surface area is 128 Å². The number of methoxy groups -OCH3 is 3. The van der Waals surface area contributed by atoms with Crippen LogP contribution in [0.15, 0.2) is 0 Å². The van der Waals surface area contributed by atoms with E-state index in [-0.39, 0.29) is 37.7 Å². The topological polar surface area (TPSA) is 96.9 Å². The fraction of sp³-hybridized carbons (Fsp3) is 1.00. The van der Waals surface area contributed by atoms with Crippen LogP contribution in [0.2, 0.25) is 0 Å². The van der Waals surface area contributed by atoms with Crippen LogP contribution in [-0.2, 0) is 14.2 Å². The molecule has 16 heavy (non-hydrogen) atoms. The fourth-order valence-corrected chi connectivity index (χ4v) is 0. The van der Waals surface area contributed by atoms with Gasteiger partial charge in [0, 0.05) is 21.3 Å². The first-order valence-electron chi connectivity index (χ1n) is 4.37. The van der Waals surface area contributed by atoms with E-state index in [0.717, 1.165) is 0 Å². The van der Waals surface area contributed by atoms with E-state index in [1.165, 1.54) is 42.1 Å². The van der Waals surface area contributed by atoms with Gasteiger partial charge in [-0.2, -0.15) is 0 Å². The number of hydrogen-bond donors (Lipinski definition) is 0. The van der Waals surface area contributed by atoms with Crippen molar-refractivity contribution in [2.75, 3.05) is 21.3 Å². The molecule has 0 aromatic carbocycles. The van der Waals surface area contributed by atoms with Gasteiger partial charge in [0.25, 0.3) is 0 Å². The Morgan fingerprint density at radius 3 is 0.688 bits per heavy atom. The molecule has 0 heterocycles. The van der Waals surface area contributed by atoms with Crippen molar-refractivity contribution >= 4 is 0 Å². The van der Waals surface area contributed by atoms with Crippen LogP contribution in [0.3, 0.4) is 0 Å². The average Bonchev–Trinajstić information content (AvgIpc) is 2.19. The van der Waals surface area contributed by atoms with Crippen LogP contribution in [-0.4, -0.2) is 40.2 Å². The molecule has 7 heteroatoms. The summed E-state index contributed by atoms with van der Waals surface area (Å²) in [4.78, 5) is 0. The van der Waals surface area contributed by atoms with Gasteiger partial charge in [0.2, 0.25) is 0 Å². The molecule has 0 amide bonds. The molecular weight excluding hydrogens is 369 g/mol. The molecule has 0 aromatic rings. The van der Waals surface area contributed by atoms with Crippen molar-refractivity contribution in [1.29, 1.82) is 0 Å².